The Balaban J connectivity index is 2.54. The first-order chi connectivity index (χ1) is 10.4. The standard InChI is InChI=1S/C14H16F2N2O4/c1-3-17-13(20)8(2)18-11(19)7-22-14(21)12-9(15)5-4-6-10(12)16/h4-6,8H,3,7H2,1-2H3,(H,17,20)(H,18,19)/t8-/m0/s1. The Labute approximate surface area is 125 Å². The summed E-state index contributed by atoms with van der Waals surface area (Å²) in [5, 5.41) is 4.78. The summed E-state index contributed by atoms with van der Waals surface area (Å²) >= 11 is 0. The summed E-state index contributed by atoms with van der Waals surface area (Å²) in [7, 11) is 0. The van der Waals surface area contributed by atoms with Crippen LogP contribution in [0.3, 0.4) is 0 Å². The van der Waals surface area contributed by atoms with Crippen molar-refractivity contribution in [2.24, 2.45) is 0 Å². The van der Waals surface area contributed by atoms with Crippen molar-refractivity contribution in [3.8, 4) is 0 Å². The molecule has 1 rings (SSSR count). The van der Waals surface area contributed by atoms with Gasteiger partial charge in [0.1, 0.15) is 23.2 Å². The van der Waals surface area contributed by atoms with Gasteiger partial charge in [-0.05, 0) is 26.0 Å². The normalized spacial score (nSPS) is 11.5. The molecule has 0 aliphatic heterocycles. The molecule has 8 heteroatoms. The van der Waals surface area contributed by atoms with E-state index in [0.717, 1.165) is 18.2 Å². The number of ether oxygens (including phenoxy) is 1. The Bertz CT molecular complexity index is 558. The highest BCUT2D eigenvalue weighted by Gasteiger charge is 2.20. The lowest BCUT2D eigenvalue weighted by molar-refractivity contribution is -0.130. The highest BCUT2D eigenvalue weighted by Crippen LogP contribution is 2.13. The van der Waals surface area contributed by atoms with Crippen LogP contribution in [0.2, 0.25) is 0 Å². The molecule has 0 heterocycles. The van der Waals surface area contributed by atoms with Crippen LogP contribution in [0.15, 0.2) is 18.2 Å². The van der Waals surface area contributed by atoms with Crippen molar-refractivity contribution in [1.29, 1.82) is 0 Å². The molecule has 120 valence electrons. The highest BCUT2D eigenvalue weighted by atomic mass is 19.1. The lowest BCUT2D eigenvalue weighted by Gasteiger charge is -2.13. The fourth-order valence-corrected chi connectivity index (χ4v) is 1.57. The summed E-state index contributed by atoms with van der Waals surface area (Å²) in [6.45, 7) is 2.81. The quantitative estimate of drug-likeness (QED) is 0.759. The van der Waals surface area contributed by atoms with E-state index in [2.05, 4.69) is 15.4 Å². The van der Waals surface area contributed by atoms with Crippen molar-refractivity contribution in [3.63, 3.8) is 0 Å². The van der Waals surface area contributed by atoms with E-state index in [0.29, 0.717) is 6.54 Å². The number of carbonyl (C=O) groups excluding carboxylic acids is 3. The van der Waals surface area contributed by atoms with Gasteiger partial charge < -0.3 is 15.4 Å². The molecule has 0 saturated heterocycles. The first-order valence-corrected chi connectivity index (χ1v) is 6.55. The van der Waals surface area contributed by atoms with Crippen molar-refractivity contribution in [2.75, 3.05) is 13.2 Å². The number of nitrogens with one attached hydrogen (secondary N) is 2. The van der Waals surface area contributed by atoms with Crippen LogP contribution in [-0.4, -0.2) is 37.0 Å². The van der Waals surface area contributed by atoms with Crippen LogP contribution >= 0.6 is 0 Å². The minimum atomic E-state index is -1.29. The van der Waals surface area contributed by atoms with Crippen molar-refractivity contribution in [3.05, 3.63) is 35.4 Å². The Morgan fingerprint density at radius 3 is 2.36 bits per heavy atom. The number of hydrogen-bond donors (Lipinski definition) is 2. The molecule has 0 spiro atoms. The van der Waals surface area contributed by atoms with E-state index in [-0.39, 0.29) is 0 Å². The van der Waals surface area contributed by atoms with E-state index in [1.165, 1.54) is 6.92 Å². The Hall–Kier alpha value is -2.51. The minimum Gasteiger partial charge on any atom is -0.452 e. The second-order valence-electron chi connectivity index (χ2n) is 4.36. The third-order valence-electron chi connectivity index (χ3n) is 2.62. The third kappa shape index (κ3) is 4.80. The fourth-order valence-electron chi connectivity index (χ4n) is 1.57. The predicted octanol–water partition coefficient (Wildman–Crippen LogP) is 0.762. The topological polar surface area (TPSA) is 84.5 Å². The van der Waals surface area contributed by atoms with Crippen LogP contribution in [0.5, 0.6) is 0 Å². The first kappa shape index (κ1) is 17.5. The SMILES string of the molecule is CCNC(=O)[C@H](C)NC(=O)COC(=O)c1c(F)cccc1F. The summed E-state index contributed by atoms with van der Waals surface area (Å²) in [6.07, 6.45) is 0. The van der Waals surface area contributed by atoms with Crippen LogP contribution in [0.4, 0.5) is 8.78 Å². The van der Waals surface area contributed by atoms with Gasteiger partial charge in [-0.1, -0.05) is 6.07 Å². The Morgan fingerprint density at radius 1 is 1.23 bits per heavy atom. The van der Waals surface area contributed by atoms with E-state index >= 15 is 0 Å². The largest absolute Gasteiger partial charge is 0.452 e. The van der Waals surface area contributed by atoms with Gasteiger partial charge in [-0.2, -0.15) is 0 Å². The zero-order valence-corrected chi connectivity index (χ0v) is 12.1. The van der Waals surface area contributed by atoms with E-state index in [1.807, 2.05) is 0 Å². The van der Waals surface area contributed by atoms with Crippen LogP contribution in [-0.2, 0) is 14.3 Å². The molecule has 0 bridgehead atoms. The summed E-state index contributed by atoms with van der Waals surface area (Å²) in [5.74, 6) is -4.62. The number of halogens is 2. The molecule has 0 fully saturated rings. The van der Waals surface area contributed by atoms with E-state index in [9.17, 15) is 23.2 Å². The number of hydrogen-bond acceptors (Lipinski definition) is 4. The Morgan fingerprint density at radius 2 is 1.82 bits per heavy atom. The molecular weight excluding hydrogens is 298 g/mol. The molecule has 0 unspecified atom stereocenters. The van der Waals surface area contributed by atoms with Crippen molar-refractivity contribution in [2.45, 2.75) is 19.9 Å². The summed E-state index contributed by atoms with van der Waals surface area (Å²) in [4.78, 5) is 34.5. The monoisotopic (exact) mass is 314 g/mol. The lowest BCUT2D eigenvalue weighted by Crippen LogP contribution is -2.46. The second kappa shape index (κ2) is 8.06. The van der Waals surface area contributed by atoms with E-state index < -0.39 is 47.6 Å². The van der Waals surface area contributed by atoms with Crippen LogP contribution in [0.25, 0.3) is 0 Å². The average molecular weight is 314 g/mol. The van der Waals surface area contributed by atoms with Crippen LogP contribution < -0.4 is 10.6 Å². The molecular formula is C14H16F2N2O4. The number of amides is 2. The molecule has 1 aromatic rings. The van der Waals surface area contributed by atoms with Crippen molar-refractivity contribution in [1.82, 2.24) is 10.6 Å². The van der Waals surface area contributed by atoms with E-state index in [1.54, 1.807) is 6.92 Å². The summed E-state index contributed by atoms with van der Waals surface area (Å²) in [6, 6.07) is 2.08. The van der Waals surface area contributed by atoms with Crippen molar-refractivity contribution >= 4 is 17.8 Å². The van der Waals surface area contributed by atoms with Gasteiger partial charge in [-0.15, -0.1) is 0 Å². The molecule has 1 aromatic carbocycles. The fraction of sp³-hybridized carbons (Fsp3) is 0.357. The van der Waals surface area contributed by atoms with Crippen LogP contribution in [0, 0.1) is 11.6 Å². The molecule has 2 N–H and O–H groups in total. The van der Waals surface area contributed by atoms with Gasteiger partial charge in [0, 0.05) is 6.54 Å². The first-order valence-electron chi connectivity index (χ1n) is 6.55. The maximum Gasteiger partial charge on any atom is 0.344 e. The van der Waals surface area contributed by atoms with Gasteiger partial charge in [-0.25, -0.2) is 13.6 Å². The van der Waals surface area contributed by atoms with Gasteiger partial charge in [0.2, 0.25) is 5.91 Å². The maximum absolute atomic E-state index is 13.3. The molecule has 0 aromatic heterocycles. The van der Waals surface area contributed by atoms with Gasteiger partial charge in [0.05, 0.1) is 0 Å². The number of likely N-dealkylation sites (N-methyl/N-ethyl adjacent to an activating group) is 1. The highest BCUT2D eigenvalue weighted by molar-refractivity contribution is 5.92. The zero-order chi connectivity index (χ0) is 16.7. The van der Waals surface area contributed by atoms with Gasteiger partial charge in [0.15, 0.2) is 6.61 Å². The average Bonchev–Trinajstić information content (AvgIpc) is 2.45. The van der Waals surface area contributed by atoms with Gasteiger partial charge in [-0.3, -0.25) is 9.59 Å². The zero-order valence-electron chi connectivity index (χ0n) is 12.1. The summed E-state index contributed by atoms with van der Waals surface area (Å²) in [5.41, 5.74) is -0.868. The molecule has 22 heavy (non-hydrogen) atoms. The molecule has 0 radical (unpaired) electrons. The minimum absolute atomic E-state index is 0.401. The Kier molecular flexibility index (Phi) is 6.43. The number of carbonyl (C=O) groups is 3. The van der Waals surface area contributed by atoms with E-state index in [4.69, 9.17) is 0 Å². The third-order valence-corrected chi connectivity index (χ3v) is 2.62. The lowest BCUT2D eigenvalue weighted by atomic mass is 10.2. The predicted molar refractivity (Wildman–Crippen MR) is 72.9 cm³/mol. The van der Waals surface area contributed by atoms with Gasteiger partial charge >= 0.3 is 5.97 Å². The van der Waals surface area contributed by atoms with Crippen LogP contribution in [0.1, 0.15) is 24.2 Å². The summed E-state index contributed by atoms with van der Waals surface area (Å²) < 4.78 is 31.2. The molecule has 0 saturated carbocycles. The van der Waals surface area contributed by atoms with Gasteiger partial charge in [0.25, 0.3) is 5.91 Å². The molecule has 1 atom stereocenters. The molecule has 6 nitrogen and oxygen atoms in total. The molecule has 2 amide bonds. The number of esters is 1. The molecule has 0 aliphatic rings. The number of benzene rings is 1. The smallest absolute Gasteiger partial charge is 0.344 e. The molecule has 0 aliphatic carbocycles. The number of rotatable bonds is 6. The van der Waals surface area contributed by atoms with Crippen molar-refractivity contribution < 1.29 is 27.9 Å². The maximum atomic E-state index is 13.3. The second-order valence-corrected chi connectivity index (χ2v) is 4.36.